The van der Waals surface area contributed by atoms with Crippen LogP contribution in [0.5, 0.6) is 5.75 Å². The molecule has 2 rings (SSSR count). The predicted molar refractivity (Wildman–Crippen MR) is 55.9 cm³/mol. The Hall–Kier alpha value is -1.65. The second-order valence-electron chi connectivity index (χ2n) is 4.00. The van der Waals surface area contributed by atoms with E-state index in [4.69, 9.17) is 4.74 Å². The zero-order chi connectivity index (χ0) is 11.7. The SMILES string of the molecule is CN(C)C(=O)c1ccnc(F)c1OC1CC1. The Morgan fingerprint density at radius 1 is 1.56 bits per heavy atom. The van der Waals surface area contributed by atoms with Crippen LogP contribution in [-0.4, -0.2) is 36.0 Å². The molecule has 5 heteroatoms. The molecule has 0 aromatic carbocycles. The zero-order valence-corrected chi connectivity index (χ0v) is 9.24. The third kappa shape index (κ3) is 2.13. The monoisotopic (exact) mass is 224 g/mol. The normalized spacial score (nSPS) is 14.7. The molecular formula is C11H13FN2O2. The average Bonchev–Trinajstić information content (AvgIpc) is 3.03. The second-order valence-corrected chi connectivity index (χ2v) is 4.00. The van der Waals surface area contributed by atoms with Gasteiger partial charge in [-0.3, -0.25) is 4.79 Å². The molecular weight excluding hydrogens is 211 g/mol. The number of carbonyl (C=O) groups is 1. The maximum atomic E-state index is 13.5. The van der Waals surface area contributed by atoms with Crippen LogP contribution in [0.1, 0.15) is 23.2 Å². The van der Waals surface area contributed by atoms with E-state index in [2.05, 4.69) is 4.98 Å². The van der Waals surface area contributed by atoms with Gasteiger partial charge in [-0.25, -0.2) is 4.98 Å². The van der Waals surface area contributed by atoms with Gasteiger partial charge in [0.2, 0.25) is 0 Å². The van der Waals surface area contributed by atoms with E-state index in [1.165, 1.54) is 17.2 Å². The third-order valence-corrected chi connectivity index (χ3v) is 2.31. The number of rotatable bonds is 3. The molecule has 1 fully saturated rings. The summed E-state index contributed by atoms with van der Waals surface area (Å²) in [5, 5.41) is 0. The maximum Gasteiger partial charge on any atom is 0.257 e. The van der Waals surface area contributed by atoms with Gasteiger partial charge in [-0.15, -0.1) is 0 Å². The van der Waals surface area contributed by atoms with E-state index in [0.29, 0.717) is 0 Å². The van der Waals surface area contributed by atoms with E-state index in [1.807, 2.05) is 0 Å². The minimum absolute atomic E-state index is 0.0244. The lowest BCUT2D eigenvalue weighted by molar-refractivity contribution is 0.0821. The van der Waals surface area contributed by atoms with Crippen LogP contribution < -0.4 is 4.74 Å². The fourth-order valence-electron chi connectivity index (χ4n) is 1.30. The number of aromatic nitrogens is 1. The number of hydrogen-bond donors (Lipinski definition) is 0. The summed E-state index contributed by atoms with van der Waals surface area (Å²) >= 11 is 0. The molecule has 1 saturated carbocycles. The lowest BCUT2D eigenvalue weighted by Gasteiger charge is -2.14. The van der Waals surface area contributed by atoms with Gasteiger partial charge >= 0.3 is 0 Å². The molecule has 1 heterocycles. The van der Waals surface area contributed by atoms with Crippen molar-refractivity contribution in [3.63, 3.8) is 0 Å². The lowest BCUT2D eigenvalue weighted by atomic mass is 10.2. The van der Waals surface area contributed by atoms with Crippen molar-refractivity contribution in [1.82, 2.24) is 9.88 Å². The fraction of sp³-hybridized carbons (Fsp3) is 0.455. The molecule has 0 spiro atoms. The highest BCUT2D eigenvalue weighted by molar-refractivity contribution is 5.96. The molecule has 1 amide bonds. The molecule has 4 nitrogen and oxygen atoms in total. The minimum Gasteiger partial charge on any atom is -0.485 e. The molecule has 1 aliphatic carbocycles. The second kappa shape index (κ2) is 4.08. The van der Waals surface area contributed by atoms with Gasteiger partial charge in [-0.2, -0.15) is 4.39 Å². The number of nitrogens with zero attached hydrogens (tertiary/aromatic N) is 2. The van der Waals surface area contributed by atoms with Crippen molar-refractivity contribution >= 4 is 5.91 Å². The smallest absolute Gasteiger partial charge is 0.257 e. The first-order chi connectivity index (χ1) is 7.59. The first kappa shape index (κ1) is 10.9. The van der Waals surface area contributed by atoms with Crippen molar-refractivity contribution in [3.05, 3.63) is 23.8 Å². The highest BCUT2D eigenvalue weighted by Crippen LogP contribution is 2.30. The van der Waals surface area contributed by atoms with Crippen LogP contribution in [0, 0.1) is 5.95 Å². The van der Waals surface area contributed by atoms with Crippen LogP contribution in [0.3, 0.4) is 0 Å². The number of pyridine rings is 1. The maximum absolute atomic E-state index is 13.5. The van der Waals surface area contributed by atoms with E-state index < -0.39 is 5.95 Å². The Kier molecular flexibility index (Phi) is 2.77. The van der Waals surface area contributed by atoms with Gasteiger partial charge in [-0.1, -0.05) is 0 Å². The van der Waals surface area contributed by atoms with Crippen LogP contribution in [-0.2, 0) is 0 Å². The van der Waals surface area contributed by atoms with Crippen LogP contribution in [0.25, 0.3) is 0 Å². The van der Waals surface area contributed by atoms with Gasteiger partial charge in [0, 0.05) is 20.3 Å². The molecule has 0 unspecified atom stereocenters. The topological polar surface area (TPSA) is 42.4 Å². The van der Waals surface area contributed by atoms with Crippen molar-refractivity contribution in [3.8, 4) is 5.75 Å². The quantitative estimate of drug-likeness (QED) is 0.730. The molecule has 1 aliphatic rings. The van der Waals surface area contributed by atoms with Crippen molar-refractivity contribution < 1.29 is 13.9 Å². The largest absolute Gasteiger partial charge is 0.485 e. The Morgan fingerprint density at radius 2 is 2.25 bits per heavy atom. The van der Waals surface area contributed by atoms with Gasteiger partial charge in [-0.05, 0) is 18.9 Å². The summed E-state index contributed by atoms with van der Waals surface area (Å²) in [5.74, 6) is -1.03. The van der Waals surface area contributed by atoms with Crippen LogP contribution in [0.2, 0.25) is 0 Å². The average molecular weight is 224 g/mol. The third-order valence-electron chi connectivity index (χ3n) is 2.31. The molecule has 0 atom stereocenters. The summed E-state index contributed by atoms with van der Waals surface area (Å²) in [6.07, 6.45) is 3.12. The van der Waals surface area contributed by atoms with Crippen molar-refractivity contribution in [2.24, 2.45) is 0 Å². The minimum atomic E-state index is -0.723. The lowest BCUT2D eigenvalue weighted by Crippen LogP contribution is -2.23. The van der Waals surface area contributed by atoms with E-state index in [-0.39, 0.29) is 23.3 Å². The van der Waals surface area contributed by atoms with Crippen molar-refractivity contribution in [2.45, 2.75) is 18.9 Å². The molecule has 0 bridgehead atoms. The van der Waals surface area contributed by atoms with E-state index in [1.54, 1.807) is 14.1 Å². The molecule has 0 aliphatic heterocycles. The molecule has 0 N–H and O–H groups in total. The molecule has 1 aromatic rings. The Labute approximate surface area is 93.0 Å². The fourth-order valence-corrected chi connectivity index (χ4v) is 1.30. The Morgan fingerprint density at radius 3 is 2.81 bits per heavy atom. The summed E-state index contributed by atoms with van der Waals surface area (Å²) in [5.41, 5.74) is 0.226. The molecule has 16 heavy (non-hydrogen) atoms. The van der Waals surface area contributed by atoms with Gasteiger partial charge in [0.05, 0.1) is 11.7 Å². The van der Waals surface area contributed by atoms with E-state index in [0.717, 1.165) is 12.8 Å². The van der Waals surface area contributed by atoms with Gasteiger partial charge < -0.3 is 9.64 Å². The number of hydrogen-bond acceptors (Lipinski definition) is 3. The molecule has 0 radical (unpaired) electrons. The Balaban J connectivity index is 2.34. The number of ether oxygens (including phenoxy) is 1. The van der Waals surface area contributed by atoms with E-state index in [9.17, 15) is 9.18 Å². The highest BCUT2D eigenvalue weighted by atomic mass is 19.1. The first-order valence-electron chi connectivity index (χ1n) is 5.12. The summed E-state index contributed by atoms with van der Waals surface area (Å²) in [6.45, 7) is 0. The van der Waals surface area contributed by atoms with Crippen molar-refractivity contribution in [2.75, 3.05) is 14.1 Å². The van der Waals surface area contributed by atoms with Gasteiger partial charge in [0.15, 0.2) is 5.75 Å². The summed E-state index contributed by atoms with van der Waals surface area (Å²) in [7, 11) is 3.23. The first-order valence-corrected chi connectivity index (χ1v) is 5.12. The predicted octanol–water partition coefficient (Wildman–Crippen LogP) is 1.46. The van der Waals surface area contributed by atoms with Crippen LogP contribution in [0.4, 0.5) is 4.39 Å². The Bertz CT molecular complexity index is 416. The summed E-state index contributed by atoms with van der Waals surface area (Å²) in [6, 6.07) is 1.48. The molecule has 1 aromatic heterocycles. The van der Waals surface area contributed by atoms with Gasteiger partial charge in [0.1, 0.15) is 0 Å². The van der Waals surface area contributed by atoms with Crippen LogP contribution >= 0.6 is 0 Å². The zero-order valence-electron chi connectivity index (χ0n) is 9.24. The van der Waals surface area contributed by atoms with Crippen LogP contribution in [0.15, 0.2) is 12.3 Å². The van der Waals surface area contributed by atoms with E-state index >= 15 is 0 Å². The van der Waals surface area contributed by atoms with Gasteiger partial charge in [0.25, 0.3) is 11.9 Å². The number of amides is 1. The molecule has 86 valence electrons. The summed E-state index contributed by atoms with van der Waals surface area (Å²) in [4.78, 5) is 16.7. The summed E-state index contributed by atoms with van der Waals surface area (Å²) < 4.78 is 18.8. The number of halogens is 1. The number of carbonyl (C=O) groups excluding carboxylic acids is 1. The highest BCUT2D eigenvalue weighted by Gasteiger charge is 2.28. The standard InChI is InChI=1S/C11H13FN2O2/c1-14(2)11(15)8-5-6-13-10(12)9(8)16-7-3-4-7/h5-7H,3-4H2,1-2H3. The van der Waals surface area contributed by atoms with Crippen molar-refractivity contribution in [1.29, 1.82) is 0 Å². The molecule has 0 saturated heterocycles.